The molecule has 0 aromatic rings. The van der Waals surface area contributed by atoms with Gasteiger partial charge in [-0.1, -0.05) is 26.7 Å². The molecule has 0 unspecified atom stereocenters. The number of hydrogen-bond donors (Lipinski definition) is 2. The van der Waals surface area contributed by atoms with E-state index >= 15 is 0 Å². The van der Waals surface area contributed by atoms with Gasteiger partial charge in [0.1, 0.15) is 12.1 Å². The quantitative estimate of drug-likeness (QED) is 0.674. The molecule has 152 valence electrons. The average Bonchev–Trinajstić information content (AvgIpc) is 2.90. The number of nitrogens with one attached hydrogen (secondary N) is 1. The van der Waals surface area contributed by atoms with Crippen LogP contribution in [-0.2, 0) is 9.59 Å². The topological polar surface area (TPSA) is 93.2 Å². The third-order valence-electron chi connectivity index (χ3n) is 6.66. The highest BCUT2D eigenvalue weighted by atomic mass is 16.3. The lowest BCUT2D eigenvalue weighted by atomic mass is 9.73. The Hall–Kier alpha value is -1.67. The molecule has 0 bridgehead atoms. The van der Waals surface area contributed by atoms with Gasteiger partial charge in [-0.2, -0.15) is 0 Å². The van der Waals surface area contributed by atoms with Crippen LogP contribution in [0.4, 0.5) is 4.79 Å². The highest BCUT2D eigenvalue weighted by Gasteiger charge is 2.55. The highest BCUT2D eigenvalue weighted by Crippen LogP contribution is 2.38. The molecule has 2 aliphatic heterocycles. The highest BCUT2D eigenvalue weighted by molar-refractivity contribution is 6.09. The molecule has 3 rings (SSSR count). The number of amides is 4. The van der Waals surface area contributed by atoms with E-state index in [0.717, 1.165) is 30.6 Å². The molecule has 4 amide bonds. The van der Waals surface area contributed by atoms with Crippen LogP contribution in [0.15, 0.2) is 0 Å². The fourth-order valence-electron chi connectivity index (χ4n) is 4.71. The molecule has 3 fully saturated rings. The van der Waals surface area contributed by atoms with E-state index in [0.29, 0.717) is 32.6 Å². The molecule has 2 N–H and O–H groups in total. The van der Waals surface area contributed by atoms with E-state index in [-0.39, 0.29) is 36.9 Å². The van der Waals surface area contributed by atoms with Crippen molar-refractivity contribution in [1.82, 2.24) is 20.0 Å². The maximum Gasteiger partial charge on any atom is 0.325 e. The molecule has 3 atom stereocenters. The number of hydrogen-bond acceptors (Lipinski definition) is 5. The largest absolute Gasteiger partial charge is 0.395 e. The summed E-state index contributed by atoms with van der Waals surface area (Å²) in [5, 5.41) is 12.3. The van der Waals surface area contributed by atoms with Crippen LogP contribution < -0.4 is 5.32 Å². The maximum atomic E-state index is 13.0. The minimum Gasteiger partial charge on any atom is -0.395 e. The standard InChI is InChI=1S/C19H32N4O4/c1-3-15(13-24)21-8-10-22(11-9-21)16(25)12-23-17(26)19(20-18(23)27)7-5-4-6-14(19)2/h14-15,24H,3-13H2,1-2H3,(H,20,27)/t14-,15+,19-/m0/s1. The SMILES string of the molecule is CC[C@H](CO)N1CCN(C(=O)CN2C(=O)N[C@]3(CCCC[C@@H]3C)C2=O)CC1. The Morgan fingerprint density at radius 3 is 2.56 bits per heavy atom. The van der Waals surface area contributed by atoms with Gasteiger partial charge in [-0.05, 0) is 25.2 Å². The van der Waals surface area contributed by atoms with E-state index in [1.165, 1.54) is 0 Å². The van der Waals surface area contributed by atoms with Gasteiger partial charge < -0.3 is 15.3 Å². The smallest absolute Gasteiger partial charge is 0.325 e. The fourth-order valence-corrected chi connectivity index (χ4v) is 4.71. The number of urea groups is 1. The van der Waals surface area contributed by atoms with Gasteiger partial charge in [-0.25, -0.2) is 4.79 Å². The molecule has 2 heterocycles. The number of piperazine rings is 1. The van der Waals surface area contributed by atoms with Crippen LogP contribution in [-0.4, -0.2) is 88.6 Å². The Bertz CT molecular complexity index is 586. The Balaban J connectivity index is 1.58. The van der Waals surface area contributed by atoms with Gasteiger partial charge >= 0.3 is 6.03 Å². The van der Waals surface area contributed by atoms with Gasteiger partial charge in [-0.3, -0.25) is 19.4 Å². The van der Waals surface area contributed by atoms with Crippen molar-refractivity contribution < 1.29 is 19.5 Å². The first-order valence-electron chi connectivity index (χ1n) is 10.2. The van der Waals surface area contributed by atoms with E-state index in [4.69, 9.17) is 0 Å². The first-order chi connectivity index (χ1) is 12.9. The molecule has 1 saturated carbocycles. The Labute approximate surface area is 160 Å². The Morgan fingerprint density at radius 2 is 1.96 bits per heavy atom. The summed E-state index contributed by atoms with van der Waals surface area (Å²) in [5.74, 6) is -0.329. The second kappa shape index (κ2) is 8.14. The van der Waals surface area contributed by atoms with Crippen LogP contribution in [0.1, 0.15) is 46.0 Å². The van der Waals surface area contributed by atoms with Gasteiger partial charge in [0.25, 0.3) is 5.91 Å². The second-order valence-corrected chi connectivity index (χ2v) is 8.10. The van der Waals surface area contributed by atoms with Crippen molar-refractivity contribution >= 4 is 17.8 Å². The summed E-state index contributed by atoms with van der Waals surface area (Å²) in [5.41, 5.74) is -0.816. The van der Waals surface area contributed by atoms with Crippen molar-refractivity contribution in [3.8, 4) is 0 Å². The molecule has 27 heavy (non-hydrogen) atoms. The van der Waals surface area contributed by atoms with Gasteiger partial charge in [0.2, 0.25) is 5.91 Å². The van der Waals surface area contributed by atoms with Crippen LogP contribution in [0, 0.1) is 5.92 Å². The minimum atomic E-state index is -0.816. The Morgan fingerprint density at radius 1 is 1.26 bits per heavy atom. The zero-order chi connectivity index (χ0) is 19.6. The number of aliphatic hydroxyl groups excluding tert-OH is 1. The zero-order valence-corrected chi connectivity index (χ0v) is 16.4. The van der Waals surface area contributed by atoms with Gasteiger partial charge in [-0.15, -0.1) is 0 Å². The molecular formula is C19H32N4O4. The third kappa shape index (κ3) is 3.69. The zero-order valence-electron chi connectivity index (χ0n) is 16.4. The number of carbonyl (C=O) groups excluding carboxylic acids is 3. The molecule has 1 aliphatic carbocycles. The lowest BCUT2D eigenvalue weighted by Crippen LogP contribution is -2.55. The number of nitrogens with zero attached hydrogens (tertiary/aromatic N) is 3. The number of rotatable bonds is 5. The third-order valence-corrected chi connectivity index (χ3v) is 6.66. The van der Waals surface area contributed by atoms with Crippen LogP contribution in [0.2, 0.25) is 0 Å². The minimum absolute atomic E-state index is 0.0933. The first-order valence-corrected chi connectivity index (χ1v) is 10.2. The van der Waals surface area contributed by atoms with Gasteiger partial charge in [0.05, 0.1) is 6.61 Å². The predicted molar refractivity (Wildman–Crippen MR) is 99.9 cm³/mol. The number of imide groups is 1. The summed E-state index contributed by atoms with van der Waals surface area (Å²) in [6.45, 7) is 6.49. The fraction of sp³-hybridized carbons (Fsp3) is 0.842. The number of aliphatic hydroxyl groups is 1. The first kappa shape index (κ1) is 20.1. The summed E-state index contributed by atoms with van der Waals surface area (Å²) in [7, 11) is 0. The van der Waals surface area contributed by atoms with Crippen LogP contribution >= 0.6 is 0 Å². The molecule has 8 nitrogen and oxygen atoms in total. The van der Waals surface area contributed by atoms with Crippen molar-refractivity contribution in [3.05, 3.63) is 0 Å². The lowest BCUT2D eigenvalue weighted by Gasteiger charge is -2.39. The van der Waals surface area contributed by atoms with Crippen molar-refractivity contribution in [2.45, 2.75) is 57.5 Å². The van der Waals surface area contributed by atoms with E-state index < -0.39 is 11.6 Å². The van der Waals surface area contributed by atoms with Crippen molar-refractivity contribution in [2.24, 2.45) is 5.92 Å². The van der Waals surface area contributed by atoms with Crippen LogP contribution in [0.3, 0.4) is 0 Å². The van der Waals surface area contributed by atoms with Crippen molar-refractivity contribution in [2.75, 3.05) is 39.3 Å². The maximum absolute atomic E-state index is 13.0. The van der Waals surface area contributed by atoms with E-state index in [9.17, 15) is 19.5 Å². The monoisotopic (exact) mass is 380 g/mol. The van der Waals surface area contributed by atoms with E-state index in [2.05, 4.69) is 10.2 Å². The molecular weight excluding hydrogens is 348 g/mol. The molecule has 2 saturated heterocycles. The lowest BCUT2D eigenvalue weighted by molar-refractivity contribution is -0.141. The summed E-state index contributed by atoms with van der Waals surface area (Å²) >= 11 is 0. The van der Waals surface area contributed by atoms with Gasteiger partial charge in [0.15, 0.2) is 0 Å². The molecule has 0 radical (unpaired) electrons. The summed E-state index contributed by atoms with van der Waals surface area (Å²) in [6.07, 6.45) is 4.43. The molecule has 3 aliphatic rings. The molecule has 1 spiro atoms. The molecule has 0 aromatic carbocycles. The second-order valence-electron chi connectivity index (χ2n) is 8.10. The number of carbonyl (C=O) groups is 3. The van der Waals surface area contributed by atoms with E-state index in [1.54, 1.807) is 4.90 Å². The van der Waals surface area contributed by atoms with Gasteiger partial charge in [0, 0.05) is 32.2 Å². The van der Waals surface area contributed by atoms with Crippen LogP contribution in [0.5, 0.6) is 0 Å². The molecule has 0 aromatic heterocycles. The normalized spacial score (nSPS) is 30.7. The average molecular weight is 380 g/mol. The molecule has 8 heteroatoms. The van der Waals surface area contributed by atoms with Crippen molar-refractivity contribution in [1.29, 1.82) is 0 Å². The summed E-state index contributed by atoms with van der Waals surface area (Å²) < 4.78 is 0. The predicted octanol–water partition coefficient (Wildman–Crippen LogP) is 0.402. The van der Waals surface area contributed by atoms with E-state index in [1.807, 2.05) is 13.8 Å². The summed E-state index contributed by atoms with van der Waals surface area (Å²) in [4.78, 5) is 43.1. The van der Waals surface area contributed by atoms with Crippen molar-refractivity contribution in [3.63, 3.8) is 0 Å². The summed E-state index contributed by atoms with van der Waals surface area (Å²) in [6, 6.07) is -0.312. The Kier molecular flexibility index (Phi) is 6.05. The van der Waals surface area contributed by atoms with Crippen LogP contribution in [0.25, 0.3) is 0 Å².